The highest BCUT2D eigenvalue weighted by molar-refractivity contribution is 5.89. The molecule has 0 unspecified atom stereocenters. The third-order valence-electron chi connectivity index (χ3n) is 9.67. The molecule has 8 heteroatoms. The summed E-state index contributed by atoms with van der Waals surface area (Å²) in [7, 11) is 0. The number of benzene rings is 2. The van der Waals surface area contributed by atoms with Crippen LogP contribution in [-0.2, 0) is 16.0 Å². The van der Waals surface area contributed by atoms with Crippen molar-refractivity contribution in [3.63, 3.8) is 0 Å². The predicted octanol–water partition coefficient (Wildman–Crippen LogP) is 9.32. The number of para-hydroxylation sites is 1. The number of aryl methyl sites for hydroxylation is 1. The van der Waals surface area contributed by atoms with Gasteiger partial charge in [-0.2, -0.15) is 4.68 Å². The van der Waals surface area contributed by atoms with E-state index in [2.05, 4.69) is 53.4 Å². The van der Waals surface area contributed by atoms with Gasteiger partial charge in [0.15, 0.2) is 5.69 Å². The first-order valence-corrected chi connectivity index (χ1v) is 19.1. The Morgan fingerprint density at radius 1 is 0.865 bits per heavy atom. The fraction of sp³-hybridized carbons (Fsp3) is 0.432. The first kappa shape index (κ1) is 38.2. The lowest BCUT2D eigenvalue weighted by Gasteiger charge is -2.14. The molecule has 52 heavy (non-hydrogen) atoms. The van der Waals surface area contributed by atoms with Gasteiger partial charge in [0.1, 0.15) is 6.61 Å². The number of carbonyl (C=O) groups is 2. The normalized spacial score (nSPS) is 13.4. The van der Waals surface area contributed by atoms with Crippen LogP contribution in [0.5, 0.6) is 0 Å². The minimum absolute atomic E-state index is 0.0508. The molecule has 2 aromatic heterocycles. The van der Waals surface area contributed by atoms with Crippen molar-refractivity contribution in [2.24, 2.45) is 5.41 Å². The van der Waals surface area contributed by atoms with Gasteiger partial charge < -0.3 is 4.74 Å². The second-order valence-corrected chi connectivity index (χ2v) is 13.8. The zero-order valence-corrected chi connectivity index (χ0v) is 30.8. The van der Waals surface area contributed by atoms with E-state index in [0.717, 1.165) is 55.3 Å². The lowest BCUT2D eigenvalue weighted by Crippen LogP contribution is -2.29. The average molecular weight is 701 g/mol. The summed E-state index contributed by atoms with van der Waals surface area (Å²) in [6.07, 6.45) is 25.3. The number of fused-ring (bicyclic) bond motifs is 1. The first-order chi connectivity index (χ1) is 25.5. The average Bonchev–Trinajstić information content (AvgIpc) is 3.82. The molecule has 1 aliphatic carbocycles. The lowest BCUT2D eigenvalue weighted by molar-refractivity contribution is -0.145. The molecule has 5 rings (SSSR count). The molecule has 0 radical (unpaired) electrons. The summed E-state index contributed by atoms with van der Waals surface area (Å²) < 4.78 is 8.49. The van der Waals surface area contributed by atoms with Crippen molar-refractivity contribution >= 4 is 22.6 Å². The number of esters is 1. The second kappa shape index (κ2) is 19.5. The van der Waals surface area contributed by atoms with Gasteiger partial charge >= 0.3 is 5.97 Å². The van der Waals surface area contributed by atoms with Gasteiger partial charge in [0, 0.05) is 23.4 Å². The molecule has 2 aromatic carbocycles. The van der Waals surface area contributed by atoms with Crippen molar-refractivity contribution in [3.8, 4) is 17.5 Å². The number of unbranched alkanes of at least 4 members (excludes halogenated alkanes) is 8. The molecule has 272 valence electrons. The van der Waals surface area contributed by atoms with E-state index in [4.69, 9.17) is 4.74 Å². The molecular formula is C44H52N4O4. The minimum Gasteiger partial charge on any atom is -0.465 e. The van der Waals surface area contributed by atoms with Crippen LogP contribution in [-0.4, -0.2) is 38.0 Å². The summed E-state index contributed by atoms with van der Waals surface area (Å²) in [6.45, 7) is 4.31. The van der Waals surface area contributed by atoms with Crippen molar-refractivity contribution < 1.29 is 14.3 Å². The predicted molar refractivity (Wildman–Crippen MR) is 208 cm³/mol. The van der Waals surface area contributed by atoms with E-state index < -0.39 is 5.41 Å². The van der Waals surface area contributed by atoms with Gasteiger partial charge in [-0.1, -0.05) is 112 Å². The highest BCUT2D eigenvalue weighted by Crippen LogP contribution is 2.47. The summed E-state index contributed by atoms with van der Waals surface area (Å²) in [4.78, 5) is 39.6. The summed E-state index contributed by atoms with van der Waals surface area (Å²) >= 11 is 0. The molecule has 1 saturated carbocycles. The Labute approximate surface area is 308 Å². The third kappa shape index (κ3) is 10.5. The van der Waals surface area contributed by atoms with E-state index in [1.165, 1.54) is 43.0 Å². The van der Waals surface area contributed by atoms with Crippen molar-refractivity contribution in [2.45, 2.75) is 110 Å². The van der Waals surface area contributed by atoms with Gasteiger partial charge in [0.05, 0.1) is 17.0 Å². The number of ether oxygens (including phenoxy) is 1. The highest BCUT2D eigenvalue weighted by Gasteiger charge is 2.52. The Kier molecular flexibility index (Phi) is 14.4. The zero-order chi connectivity index (χ0) is 36.6. The van der Waals surface area contributed by atoms with E-state index in [1.54, 1.807) is 4.57 Å². The van der Waals surface area contributed by atoms with Crippen LogP contribution in [0, 0.1) is 17.3 Å². The Morgan fingerprint density at radius 3 is 2.33 bits per heavy atom. The van der Waals surface area contributed by atoms with Crippen LogP contribution in [0.25, 0.3) is 16.5 Å². The summed E-state index contributed by atoms with van der Waals surface area (Å²) in [6, 6.07) is 17.2. The highest BCUT2D eigenvalue weighted by atomic mass is 16.5. The summed E-state index contributed by atoms with van der Waals surface area (Å²) in [5.74, 6) is 5.58. The van der Waals surface area contributed by atoms with Gasteiger partial charge in [0.25, 0.3) is 11.5 Å². The van der Waals surface area contributed by atoms with Gasteiger partial charge in [-0.25, -0.2) is 0 Å². The van der Waals surface area contributed by atoms with E-state index >= 15 is 0 Å². The summed E-state index contributed by atoms with van der Waals surface area (Å²) in [5.41, 5.74) is 1.71. The van der Waals surface area contributed by atoms with Crippen LogP contribution in [0.15, 0.2) is 89.9 Å². The molecule has 2 heterocycles. The Morgan fingerprint density at radius 2 is 1.60 bits per heavy atom. The van der Waals surface area contributed by atoms with Gasteiger partial charge in [-0.3, -0.25) is 19.0 Å². The number of aromatic nitrogens is 4. The van der Waals surface area contributed by atoms with E-state index in [1.807, 2.05) is 61.5 Å². The summed E-state index contributed by atoms with van der Waals surface area (Å²) in [5, 5.41) is 9.50. The van der Waals surface area contributed by atoms with Crippen LogP contribution >= 0.6 is 0 Å². The molecule has 0 aliphatic heterocycles. The molecule has 1 aliphatic rings. The molecule has 0 saturated heterocycles. The van der Waals surface area contributed by atoms with Gasteiger partial charge in [-0.05, 0) is 93.4 Å². The maximum Gasteiger partial charge on any atom is 0.305 e. The molecule has 0 atom stereocenters. The molecule has 0 spiro atoms. The molecule has 1 fully saturated rings. The number of hydrogen-bond acceptors (Lipinski definition) is 6. The maximum atomic E-state index is 13.8. The molecule has 0 amide bonds. The smallest absolute Gasteiger partial charge is 0.305 e. The largest absolute Gasteiger partial charge is 0.465 e. The Balaban J connectivity index is 1.07. The fourth-order valence-corrected chi connectivity index (χ4v) is 6.38. The Bertz CT molecular complexity index is 1970. The minimum atomic E-state index is -0.762. The molecule has 4 aromatic rings. The maximum absolute atomic E-state index is 13.8. The lowest BCUT2D eigenvalue weighted by atomic mass is 10.0. The van der Waals surface area contributed by atoms with Gasteiger partial charge in [0.2, 0.25) is 0 Å². The van der Waals surface area contributed by atoms with E-state index in [-0.39, 0.29) is 24.0 Å². The molecular weight excluding hydrogens is 649 g/mol. The SMILES string of the molecule is CCCCC/C=C\C/C=C\CCCCCCCC(=O)OCC1(C(=O)n2cc(C#Cc3cccc4cc(CC)n(-c5ccccc5)c(=O)c34)nn2)CC1. The number of pyridine rings is 1. The number of rotatable bonds is 19. The number of allylic oxidation sites excluding steroid dienone is 4. The standard InChI is InChI=1S/C44H52N4O4/c1-3-5-6-7-8-9-10-11-12-13-14-15-16-17-21-27-40(49)52-34-44(30-31-44)43(51)47-33-37(45-46-47)29-28-35-23-22-24-36-32-38(4-2)48(42(50)41(35)36)39-25-19-18-20-26-39/h8-9,11-12,18-20,22-26,32-33H,3-7,10,13-17,21,27,30-31,34H2,1-2H3/b9-8-,12-11-. The molecule has 8 nitrogen and oxygen atoms in total. The van der Waals surface area contributed by atoms with Crippen molar-refractivity contribution in [1.29, 1.82) is 0 Å². The molecule has 0 bridgehead atoms. The van der Waals surface area contributed by atoms with E-state index in [0.29, 0.717) is 42.3 Å². The topological polar surface area (TPSA) is 96.1 Å². The molecule has 0 N–H and O–H groups in total. The first-order valence-electron chi connectivity index (χ1n) is 19.1. The van der Waals surface area contributed by atoms with Crippen molar-refractivity contribution in [3.05, 3.63) is 112 Å². The van der Waals surface area contributed by atoms with Crippen molar-refractivity contribution in [1.82, 2.24) is 19.6 Å². The monoisotopic (exact) mass is 700 g/mol. The Hall–Kier alpha value is -5.03. The van der Waals surface area contributed by atoms with Crippen LogP contribution in [0.4, 0.5) is 0 Å². The third-order valence-corrected chi connectivity index (χ3v) is 9.67. The number of nitrogens with zero attached hydrogens (tertiary/aromatic N) is 4. The van der Waals surface area contributed by atoms with Crippen molar-refractivity contribution in [2.75, 3.05) is 6.61 Å². The van der Waals surface area contributed by atoms with Crippen LogP contribution in [0.3, 0.4) is 0 Å². The zero-order valence-electron chi connectivity index (χ0n) is 30.8. The van der Waals surface area contributed by atoms with Crippen LogP contribution in [0.2, 0.25) is 0 Å². The fourth-order valence-electron chi connectivity index (χ4n) is 6.38. The number of hydrogen-bond donors (Lipinski definition) is 0. The quantitative estimate of drug-likeness (QED) is 0.0419. The van der Waals surface area contributed by atoms with Crippen LogP contribution < -0.4 is 5.56 Å². The second-order valence-electron chi connectivity index (χ2n) is 13.8. The number of carbonyl (C=O) groups excluding carboxylic acids is 2. The van der Waals surface area contributed by atoms with Gasteiger partial charge in [-0.15, -0.1) is 5.10 Å². The van der Waals surface area contributed by atoms with Crippen LogP contribution in [0.1, 0.15) is 125 Å². The van der Waals surface area contributed by atoms with E-state index in [9.17, 15) is 14.4 Å².